The van der Waals surface area contributed by atoms with Gasteiger partial charge in [-0.2, -0.15) is 13.2 Å². The molecule has 28 heavy (non-hydrogen) atoms. The first-order valence-electron chi connectivity index (χ1n) is 9.12. The molecular formula is C19H16F3N3O3. The van der Waals surface area contributed by atoms with Gasteiger partial charge in [0, 0.05) is 6.54 Å². The lowest BCUT2D eigenvalue weighted by Crippen LogP contribution is -2.45. The van der Waals surface area contributed by atoms with E-state index in [2.05, 4.69) is 4.98 Å². The maximum Gasteiger partial charge on any atom is 0.417 e. The molecule has 0 spiro atoms. The van der Waals surface area contributed by atoms with E-state index in [9.17, 15) is 22.8 Å². The second-order valence-corrected chi connectivity index (χ2v) is 7.39. The molecular weight excluding hydrogens is 375 g/mol. The zero-order chi connectivity index (χ0) is 19.6. The molecule has 0 unspecified atom stereocenters. The van der Waals surface area contributed by atoms with Crippen molar-refractivity contribution in [3.8, 4) is 5.69 Å². The van der Waals surface area contributed by atoms with E-state index in [1.54, 1.807) is 0 Å². The lowest BCUT2D eigenvalue weighted by molar-refractivity contribution is -0.138. The summed E-state index contributed by atoms with van der Waals surface area (Å²) in [5.41, 5.74) is -0.835. The van der Waals surface area contributed by atoms with Crippen LogP contribution in [0.1, 0.15) is 57.4 Å². The molecule has 1 aliphatic carbocycles. The van der Waals surface area contributed by atoms with Crippen LogP contribution in [-0.4, -0.2) is 39.5 Å². The van der Waals surface area contributed by atoms with Gasteiger partial charge in [0.2, 0.25) is 0 Å². The lowest BCUT2D eigenvalue weighted by atomic mass is 9.96. The SMILES string of the molecule is O=C(OCC1CC1)c1ncn2c1[C@@H]1CCN1C(=O)c1c-2cccc1C(F)(F)F. The molecule has 3 heterocycles. The first kappa shape index (κ1) is 17.3. The first-order valence-corrected chi connectivity index (χ1v) is 9.12. The van der Waals surface area contributed by atoms with Crippen LogP contribution in [0.5, 0.6) is 0 Å². The van der Waals surface area contributed by atoms with Crippen LogP contribution in [0, 0.1) is 5.92 Å². The summed E-state index contributed by atoms with van der Waals surface area (Å²) in [5.74, 6) is -0.905. The van der Waals surface area contributed by atoms with Crippen LogP contribution in [0.3, 0.4) is 0 Å². The molecule has 6 nitrogen and oxygen atoms in total. The fourth-order valence-corrected chi connectivity index (χ4v) is 3.83. The van der Waals surface area contributed by atoms with Gasteiger partial charge in [0.05, 0.1) is 35.2 Å². The zero-order valence-electron chi connectivity index (χ0n) is 14.7. The maximum atomic E-state index is 13.5. The van der Waals surface area contributed by atoms with Gasteiger partial charge < -0.3 is 9.64 Å². The molecule has 2 fully saturated rings. The summed E-state index contributed by atoms with van der Waals surface area (Å²) in [4.78, 5) is 31.0. The highest BCUT2D eigenvalue weighted by atomic mass is 19.4. The summed E-state index contributed by atoms with van der Waals surface area (Å²) >= 11 is 0. The monoisotopic (exact) mass is 391 g/mol. The van der Waals surface area contributed by atoms with Crippen LogP contribution in [0.4, 0.5) is 13.2 Å². The van der Waals surface area contributed by atoms with Crippen LogP contribution in [-0.2, 0) is 10.9 Å². The Labute approximate surface area is 157 Å². The van der Waals surface area contributed by atoms with E-state index in [1.165, 1.54) is 27.9 Å². The van der Waals surface area contributed by atoms with Gasteiger partial charge in [0.25, 0.3) is 5.91 Å². The third-order valence-corrected chi connectivity index (χ3v) is 5.56. The highest BCUT2D eigenvalue weighted by Crippen LogP contribution is 2.44. The highest BCUT2D eigenvalue weighted by Gasteiger charge is 2.46. The molecule has 2 aliphatic heterocycles. The molecule has 9 heteroatoms. The second kappa shape index (κ2) is 5.83. The van der Waals surface area contributed by atoms with E-state index in [4.69, 9.17) is 4.74 Å². The number of hydrogen-bond donors (Lipinski definition) is 0. The first-order chi connectivity index (χ1) is 13.4. The number of benzene rings is 1. The van der Waals surface area contributed by atoms with Gasteiger partial charge in [0.1, 0.15) is 6.33 Å². The number of hydrogen-bond acceptors (Lipinski definition) is 4. The molecule has 1 saturated carbocycles. The molecule has 1 aromatic heterocycles. The minimum absolute atomic E-state index is 0.0633. The molecule has 2 aromatic rings. The Morgan fingerprint density at radius 1 is 1.25 bits per heavy atom. The van der Waals surface area contributed by atoms with Crippen LogP contribution in [0.2, 0.25) is 0 Å². The Morgan fingerprint density at radius 2 is 2.04 bits per heavy atom. The molecule has 1 saturated heterocycles. The standard InChI is InChI=1S/C19H16F3N3O3/c20-19(21,22)11-2-1-3-12-14(11)17(26)24-7-6-13(24)16-15(23-9-25(12)16)18(27)28-8-10-4-5-10/h1-3,9-10,13H,4-8H2/t13-/m0/s1. The third-order valence-electron chi connectivity index (χ3n) is 5.56. The van der Waals surface area contributed by atoms with E-state index in [1.807, 2.05) is 0 Å². The number of ether oxygens (including phenoxy) is 1. The predicted molar refractivity (Wildman–Crippen MR) is 90.0 cm³/mol. The van der Waals surface area contributed by atoms with Gasteiger partial charge in [-0.3, -0.25) is 9.36 Å². The summed E-state index contributed by atoms with van der Waals surface area (Å²) in [5, 5.41) is 0. The number of nitrogens with zero attached hydrogens (tertiary/aromatic N) is 3. The van der Waals surface area contributed by atoms with Gasteiger partial charge in [-0.25, -0.2) is 9.78 Å². The maximum absolute atomic E-state index is 13.5. The van der Waals surface area contributed by atoms with Gasteiger partial charge in [0.15, 0.2) is 5.69 Å². The summed E-state index contributed by atoms with van der Waals surface area (Å²) in [6.07, 6.45) is -0.772. The topological polar surface area (TPSA) is 64.4 Å². The van der Waals surface area contributed by atoms with Crippen molar-refractivity contribution < 1.29 is 27.5 Å². The van der Waals surface area contributed by atoms with E-state index in [0.29, 0.717) is 31.2 Å². The average Bonchev–Trinajstić information content (AvgIpc) is 3.36. The molecule has 0 radical (unpaired) electrons. The molecule has 1 atom stereocenters. The summed E-state index contributed by atoms with van der Waals surface area (Å²) < 4.78 is 47.4. The Morgan fingerprint density at radius 3 is 2.68 bits per heavy atom. The number of rotatable bonds is 3. The average molecular weight is 391 g/mol. The largest absolute Gasteiger partial charge is 0.461 e. The Bertz CT molecular complexity index is 994. The van der Waals surface area contributed by atoms with Gasteiger partial charge in [-0.05, 0) is 37.3 Å². The number of fused-ring (bicyclic) bond motifs is 5. The highest BCUT2D eigenvalue weighted by molar-refractivity contribution is 6.01. The molecule has 146 valence electrons. The Balaban J connectivity index is 1.65. The molecule has 1 amide bonds. The number of imidazole rings is 1. The number of carbonyl (C=O) groups is 2. The van der Waals surface area contributed by atoms with Crippen LogP contribution in [0.15, 0.2) is 24.5 Å². The minimum atomic E-state index is -4.67. The smallest absolute Gasteiger partial charge is 0.417 e. The predicted octanol–water partition coefficient (Wildman–Crippen LogP) is 3.36. The Kier molecular flexibility index (Phi) is 3.59. The normalized spacial score (nSPS) is 20.6. The van der Waals surface area contributed by atoms with Crippen molar-refractivity contribution in [2.24, 2.45) is 5.92 Å². The van der Waals surface area contributed by atoms with E-state index in [0.717, 1.165) is 18.9 Å². The lowest BCUT2D eigenvalue weighted by Gasteiger charge is -2.40. The molecule has 5 rings (SSSR count). The molecule has 0 N–H and O–H groups in total. The number of alkyl halides is 3. The van der Waals surface area contributed by atoms with Gasteiger partial charge >= 0.3 is 12.1 Å². The Hall–Kier alpha value is -2.84. The number of halogens is 3. The van der Waals surface area contributed by atoms with Crippen molar-refractivity contribution in [1.82, 2.24) is 14.5 Å². The van der Waals surface area contributed by atoms with Gasteiger partial charge in [-0.15, -0.1) is 0 Å². The molecule has 0 bridgehead atoms. The number of amides is 1. The minimum Gasteiger partial charge on any atom is -0.461 e. The third kappa shape index (κ3) is 2.52. The van der Waals surface area contributed by atoms with E-state index in [-0.39, 0.29) is 11.4 Å². The zero-order valence-corrected chi connectivity index (χ0v) is 14.7. The second-order valence-electron chi connectivity index (χ2n) is 7.39. The van der Waals surface area contributed by atoms with Crippen LogP contribution >= 0.6 is 0 Å². The van der Waals surface area contributed by atoms with Crippen molar-refractivity contribution >= 4 is 11.9 Å². The number of carbonyl (C=O) groups excluding carboxylic acids is 2. The quantitative estimate of drug-likeness (QED) is 0.753. The van der Waals surface area contributed by atoms with Crippen molar-refractivity contribution in [1.29, 1.82) is 0 Å². The summed E-state index contributed by atoms with van der Waals surface area (Å²) in [6, 6.07) is 3.11. The van der Waals surface area contributed by atoms with E-state index < -0.39 is 35.2 Å². The summed E-state index contributed by atoms with van der Waals surface area (Å²) in [6.45, 7) is 0.643. The fraction of sp³-hybridized carbons (Fsp3) is 0.421. The van der Waals surface area contributed by atoms with Crippen LogP contribution in [0.25, 0.3) is 5.69 Å². The summed E-state index contributed by atoms with van der Waals surface area (Å²) in [7, 11) is 0. The van der Waals surface area contributed by atoms with Crippen molar-refractivity contribution in [3.63, 3.8) is 0 Å². The fourth-order valence-electron chi connectivity index (χ4n) is 3.83. The van der Waals surface area contributed by atoms with Gasteiger partial charge in [-0.1, -0.05) is 6.07 Å². The van der Waals surface area contributed by atoms with Crippen LogP contribution < -0.4 is 0 Å². The number of esters is 1. The van der Waals surface area contributed by atoms with Crippen molar-refractivity contribution in [2.45, 2.75) is 31.5 Å². The number of aromatic nitrogens is 2. The molecule has 1 aromatic carbocycles. The van der Waals surface area contributed by atoms with Crippen molar-refractivity contribution in [2.75, 3.05) is 13.2 Å². The molecule has 3 aliphatic rings. The van der Waals surface area contributed by atoms with E-state index >= 15 is 0 Å². The van der Waals surface area contributed by atoms with Crippen molar-refractivity contribution in [3.05, 3.63) is 47.0 Å².